The van der Waals surface area contributed by atoms with Crippen molar-refractivity contribution in [2.45, 2.75) is 26.3 Å². The monoisotopic (exact) mass is 202 g/mol. The summed E-state index contributed by atoms with van der Waals surface area (Å²) in [5.41, 5.74) is 0. The molecule has 0 aromatic rings. The van der Waals surface area contributed by atoms with Crippen molar-refractivity contribution in [3.05, 3.63) is 0 Å². The summed E-state index contributed by atoms with van der Waals surface area (Å²) in [4.78, 5) is 2.61. The topological polar surface area (TPSA) is 15.3 Å². The van der Waals surface area contributed by atoms with Crippen molar-refractivity contribution in [3.63, 3.8) is 0 Å². The summed E-state index contributed by atoms with van der Waals surface area (Å²) in [6.45, 7) is 9.39. The van der Waals surface area contributed by atoms with Crippen molar-refractivity contribution in [2.24, 2.45) is 0 Å². The van der Waals surface area contributed by atoms with Crippen LogP contribution < -0.4 is 5.32 Å². The van der Waals surface area contributed by atoms with E-state index in [4.69, 9.17) is 0 Å². The first-order valence-corrected chi connectivity index (χ1v) is 6.56. The molecule has 0 radical (unpaired) electrons. The average Bonchev–Trinajstić information content (AvgIpc) is 2.65. The smallest absolute Gasteiger partial charge is 0.0232 e. The van der Waals surface area contributed by atoms with Crippen LogP contribution in [0.25, 0.3) is 0 Å². The number of thioether (sulfide) groups is 1. The minimum absolute atomic E-state index is 0.808. The first-order valence-electron chi connectivity index (χ1n) is 5.41. The van der Waals surface area contributed by atoms with E-state index < -0.39 is 0 Å². The summed E-state index contributed by atoms with van der Waals surface area (Å²) in [5, 5.41) is 3.43. The van der Waals surface area contributed by atoms with Crippen molar-refractivity contribution in [3.8, 4) is 0 Å². The normalized spacial score (nSPS) is 22.8. The zero-order valence-electron chi connectivity index (χ0n) is 8.88. The third kappa shape index (κ3) is 3.88. The Balaban J connectivity index is 2.16. The summed E-state index contributed by atoms with van der Waals surface area (Å²) in [6.07, 6.45) is 1.34. The Morgan fingerprint density at radius 2 is 2.31 bits per heavy atom. The highest BCUT2D eigenvalue weighted by molar-refractivity contribution is 7.99. The molecule has 0 spiro atoms. The molecule has 0 aliphatic carbocycles. The number of likely N-dealkylation sites (N-methyl/N-ethyl adjacent to an activating group) is 1. The molecule has 1 aliphatic heterocycles. The minimum atomic E-state index is 0.808. The fourth-order valence-corrected chi connectivity index (χ4v) is 2.53. The van der Waals surface area contributed by atoms with Gasteiger partial charge in [-0.25, -0.2) is 0 Å². The lowest BCUT2D eigenvalue weighted by Gasteiger charge is -2.26. The van der Waals surface area contributed by atoms with Gasteiger partial charge in [-0.3, -0.25) is 4.90 Å². The molecule has 0 saturated carbocycles. The van der Waals surface area contributed by atoms with E-state index in [2.05, 4.69) is 24.1 Å². The van der Waals surface area contributed by atoms with E-state index in [1.54, 1.807) is 0 Å². The second-order valence-electron chi connectivity index (χ2n) is 3.47. The molecule has 3 heteroatoms. The number of hydrogen-bond acceptors (Lipinski definition) is 3. The molecule has 1 aliphatic rings. The van der Waals surface area contributed by atoms with Gasteiger partial charge in [0.15, 0.2) is 0 Å². The van der Waals surface area contributed by atoms with Gasteiger partial charge in [0.1, 0.15) is 0 Å². The standard InChI is InChI=1S/C10H22N2S/c1-3-12(7-8-13-4-2)10-5-6-11-9-10/h10-11H,3-9H2,1-2H3. The van der Waals surface area contributed by atoms with Crippen LogP contribution in [0.2, 0.25) is 0 Å². The second-order valence-corrected chi connectivity index (χ2v) is 4.87. The van der Waals surface area contributed by atoms with Crippen LogP contribution in [0.15, 0.2) is 0 Å². The zero-order chi connectivity index (χ0) is 9.52. The van der Waals surface area contributed by atoms with E-state index in [1.165, 1.54) is 44.1 Å². The first-order chi connectivity index (χ1) is 6.38. The van der Waals surface area contributed by atoms with Gasteiger partial charge in [-0.2, -0.15) is 11.8 Å². The molecule has 1 fully saturated rings. The summed E-state index contributed by atoms with van der Waals surface area (Å²) in [5.74, 6) is 2.54. The molecule has 0 aromatic heterocycles. The maximum atomic E-state index is 3.43. The molecular formula is C10H22N2S. The van der Waals surface area contributed by atoms with Gasteiger partial charge in [-0.1, -0.05) is 13.8 Å². The van der Waals surface area contributed by atoms with Crippen molar-refractivity contribution >= 4 is 11.8 Å². The van der Waals surface area contributed by atoms with Crippen molar-refractivity contribution < 1.29 is 0 Å². The third-order valence-electron chi connectivity index (χ3n) is 2.68. The van der Waals surface area contributed by atoms with E-state index in [-0.39, 0.29) is 0 Å². The van der Waals surface area contributed by atoms with Crippen molar-refractivity contribution in [1.82, 2.24) is 10.2 Å². The highest BCUT2D eigenvalue weighted by atomic mass is 32.2. The van der Waals surface area contributed by atoms with Crippen LogP contribution in [0.3, 0.4) is 0 Å². The van der Waals surface area contributed by atoms with Gasteiger partial charge in [0.25, 0.3) is 0 Å². The van der Waals surface area contributed by atoms with Crippen molar-refractivity contribution in [1.29, 1.82) is 0 Å². The molecule has 0 bridgehead atoms. The van der Waals surface area contributed by atoms with Gasteiger partial charge in [0.05, 0.1) is 0 Å². The molecule has 1 atom stereocenters. The lowest BCUT2D eigenvalue weighted by Crippen LogP contribution is -2.38. The van der Waals surface area contributed by atoms with Gasteiger partial charge >= 0.3 is 0 Å². The Labute approximate surface area is 86.5 Å². The van der Waals surface area contributed by atoms with E-state index in [9.17, 15) is 0 Å². The fraction of sp³-hybridized carbons (Fsp3) is 1.00. The zero-order valence-corrected chi connectivity index (χ0v) is 9.70. The van der Waals surface area contributed by atoms with E-state index >= 15 is 0 Å². The molecule has 78 valence electrons. The van der Waals surface area contributed by atoms with Crippen molar-refractivity contribution in [2.75, 3.05) is 37.7 Å². The maximum Gasteiger partial charge on any atom is 0.0232 e. The van der Waals surface area contributed by atoms with Crippen LogP contribution in [0.1, 0.15) is 20.3 Å². The lowest BCUT2D eigenvalue weighted by molar-refractivity contribution is 0.233. The predicted molar refractivity (Wildman–Crippen MR) is 61.5 cm³/mol. The highest BCUT2D eigenvalue weighted by Gasteiger charge is 2.19. The van der Waals surface area contributed by atoms with Crippen LogP contribution in [-0.2, 0) is 0 Å². The Morgan fingerprint density at radius 1 is 1.46 bits per heavy atom. The highest BCUT2D eigenvalue weighted by Crippen LogP contribution is 2.09. The van der Waals surface area contributed by atoms with Gasteiger partial charge in [0.2, 0.25) is 0 Å². The summed E-state index contributed by atoms with van der Waals surface area (Å²) >= 11 is 2.05. The molecule has 13 heavy (non-hydrogen) atoms. The maximum absolute atomic E-state index is 3.43. The van der Waals surface area contributed by atoms with Gasteiger partial charge in [0, 0.05) is 24.9 Å². The quantitative estimate of drug-likeness (QED) is 0.656. The van der Waals surface area contributed by atoms with Crippen LogP contribution >= 0.6 is 11.8 Å². The molecule has 1 saturated heterocycles. The third-order valence-corrected chi connectivity index (χ3v) is 3.56. The number of hydrogen-bond donors (Lipinski definition) is 1. The molecule has 1 rings (SSSR count). The molecular weight excluding hydrogens is 180 g/mol. The summed E-state index contributed by atoms with van der Waals surface area (Å²) in [7, 11) is 0. The van der Waals surface area contributed by atoms with Crippen LogP contribution in [-0.4, -0.2) is 48.6 Å². The largest absolute Gasteiger partial charge is 0.315 e. The van der Waals surface area contributed by atoms with Gasteiger partial charge < -0.3 is 5.32 Å². The molecule has 1 unspecified atom stereocenters. The molecule has 0 aromatic carbocycles. The Bertz CT molecular complexity index is 124. The SMILES string of the molecule is CCSCCN(CC)C1CCNC1. The number of rotatable bonds is 6. The second kappa shape index (κ2) is 6.68. The number of nitrogens with one attached hydrogen (secondary N) is 1. The van der Waals surface area contributed by atoms with E-state index in [0.717, 1.165) is 6.04 Å². The average molecular weight is 202 g/mol. The summed E-state index contributed by atoms with van der Waals surface area (Å²) < 4.78 is 0. The molecule has 1 heterocycles. The molecule has 0 amide bonds. The molecule has 1 N–H and O–H groups in total. The van der Waals surface area contributed by atoms with Gasteiger partial charge in [-0.05, 0) is 25.3 Å². The first kappa shape index (κ1) is 11.3. The van der Waals surface area contributed by atoms with Crippen LogP contribution in [0.5, 0.6) is 0 Å². The Kier molecular flexibility index (Phi) is 5.83. The number of nitrogens with zero attached hydrogens (tertiary/aromatic N) is 1. The fourth-order valence-electron chi connectivity index (χ4n) is 1.88. The lowest BCUT2D eigenvalue weighted by atomic mass is 10.2. The van der Waals surface area contributed by atoms with Gasteiger partial charge in [-0.15, -0.1) is 0 Å². The van der Waals surface area contributed by atoms with Crippen LogP contribution in [0.4, 0.5) is 0 Å². The van der Waals surface area contributed by atoms with Crippen LogP contribution in [0, 0.1) is 0 Å². The van der Waals surface area contributed by atoms with E-state index in [0.29, 0.717) is 0 Å². The minimum Gasteiger partial charge on any atom is -0.315 e. The molecule has 2 nitrogen and oxygen atoms in total. The van der Waals surface area contributed by atoms with E-state index in [1.807, 2.05) is 11.8 Å². The Hall–Kier alpha value is 0.270. The Morgan fingerprint density at radius 3 is 2.85 bits per heavy atom. The predicted octanol–water partition coefficient (Wildman–Crippen LogP) is 1.42. The summed E-state index contributed by atoms with van der Waals surface area (Å²) in [6, 6.07) is 0.808.